The van der Waals surface area contributed by atoms with E-state index in [1.54, 1.807) is 4.68 Å². The van der Waals surface area contributed by atoms with Crippen molar-refractivity contribution >= 4 is 5.78 Å². The fourth-order valence-electron chi connectivity index (χ4n) is 2.22. The van der Waals surface area contributed by atoms with Gasteiger partial charge in [-0.15, -0.1) is 0 Å². The number of rotatable bonds is 2. The van der Waals surface area contributed by atoms with E-state index in [2.05, 4.69) is 11.2 Å². The van der Waals surface area contributed by atoms with Gasteiger partial charge in [-0.05, 0) is 38.2 Å². The highest BCUT2D eigenvalue weighted by Crippen LogP contribution is 2.21. The molecule has 3 nitrogen and oxygen atoms in total. The standard InChI is InChI=1S/C13H18N2O/c1-10-12(9-15(2)14-10)13(16)11-7-5-3-4-6-8-11/h7,9H,3-6,8H2,1-2H3. The first-order valence-corrected chi connectivity index (χ1v) is 5.92. The molecule has 16 heavy (non-hydrogen) atoms. The molecule has 0 N–H and O–H groups in total. The molecule has 0 fully saturated rings. The zero-order chi connectivity index (χ0) is 11.5. The SMILES string of the molecule is Cc1nn(C)cc1C(=O)C1=CCCCCC1. The van der Waals surface area contributed by atoms with Crippen LogP contribution < -0.4 is 0 Å². The van der Waals surface area contributed by atoms with Gasteiger partial charge in [0, 0.05) is 13.2 Å². The van der Waals surface area contributed by atoms with Crippen LogP contribution in [0.5, 0.6) is 0 Å². The van der Waals surface area contributed by atoms with Gasteiger partial charge in [-0.3, -0.25) is 9.48 Å². The molecular weight excluding hydrogens is 200 g/mol. The lowest BCUT2D eigenvalue weighted by Crippen LogP contribution is -2.03. The molecule has 0 saturated carbocycles. The number of hydrogen-bond donors (Lipinski definition) is 0. The van der Waals surface area contributed by atoms with Gasteiger partial charge in [0.1, 0.15) is 0 Å². The van der Waals surface area contributed by atoms with Crippen molar-refractivity contribution in [3.63, 3.8) is 0 Å². The number of carbonyl (C=O) groups is 1. The Morgan fingerprint density at radius 1 is 1.38 bits per heavy atom. The van der Waals surface area contributed by atoms with Crippen LogP contribution in [0.2, 0.25) is 0 Å². The van der Waals surface area contributed by atoms with Crippen molar-refractivity contribution in [1.29, 1.82) is 0 Å². The maximum absolute atomic E-state index is 12.3. The zero-order valence-corrected chi connectivity index (χ0v) is 9.99. The summed E-state index contributed by atoms with van der Waals surface area (Å²) >= 11 is 0. The van der Waals surface area contributed by atoms with Gasteiger partial charge >= 0.3 is 0 Å². The Hall–Kier alpha value is -1.38. The van der Waals surface area contributed by atoms with Crippen LogP contribution in [0.25, 0.3) is 0 Å². The molecule has 0 aliphatic heterocycles. The third-order valence-electron chi connectivity index (χ3n) is 3.09. The zero-order valence-electron chi connectivity index (χ0n) is 9.99. The quantitative estimate of drug-likeness (QED) is 0.715. The van der Waals surface area contributed by atoms with Gasteiger partial charge < -0.3 is 0 Å². The van der Waals surface area contributed by atoms with Gasteiger partial charge in [-0.1, -0.05) is 12.5 Å². The van der Waals surface area contributed by atoms with E-state index in [1.807, 2.05) is 20.2 Å². The van der Waals surface area contributed by atoms with Gasteiger partial charge in [-0.2, -0.15) is 5.10 Å². The van der Waals surface area contributed by atoms with Gasteiger partial charge in [0.15, 0.2) is 5.78 Å². The number of carbonyl (C=O) groups excluding carboxylic acids is 1. The van der Waals surface area contributed by atoms with E-state index in [9.17, 15) is 4.79 Å². The van der Waals surface area contributed by atoms with Gasteiger partial charge in [0.25, 0.3) is 0 Å². The Kier molecular flexibility index (Phi) is 3.22. The van der Waals surface area contributed by atoms with Crippen LogP contribution in [0.4, 0.5) is 0 Å². The molecule has 1 aromatic heterocycles. The smallest absolute Gasteiger partial charge is 0.192 e. The summed E-state index contributed by atoms with van der Waals surface area (Å²) < 4.78 is 1.71. The fourth-order valence-corrected chi connectivity index (χ4v) is 2.22. The van der Waals surface area contributed by atoms with Crippen LogP contribution in [0.1, 0.15) is 48.2 Å². The number of nitrogens with zero attached hydrogens (tertiary/aromatic N) is 2. The lowest BCUT2D eigenvalue weighted by molar-refractivity contribution is 0.103. The van der Waals surface area contributed by atoms with Crippen molar-refractivity contribution in [3.8, 4) is 0 Å². The third kappa shape index (κ3) is 2.23. The summed E-state index contributed by atoms with van der Waals surface area (Å²) in [5.41, 5.74) is 2.57. The van der Waals surface area contributed by atoms with E-state index in [4.69, 9.17) is 0 Å². The first-order valence-electron chi connectivity index (χ1n) is 5.92. The maximum Gasteiger partial charge on any atom is 0.192 e. The van der Waals surface area contributed by atoms with Crippen LogP contribution >= 0.6 is 0 Å². The van der Waals surface area contributed by atoms with E-state index in [-0.39, 0.29) is 5.78 Å². The van der Waals surface area contributed by atoms with Crippen molar-refractivity contribution in [3.05, 3.63) is 29.1 Å². The Labute approximate surface area is 96.2 Å². The summed E-state index contributed by atoms with van der Waals surface area (Å²) in [6, 6.07) is 0. The molecule has 0 saturated heterocycles. The van der Waals surface area contributed by atoms with Crippen LogP contribution in [0.15, 0.2) is 17.8 Å². The van der Waals surface area contributed by atoms with Crippen molar-refractivity contribution in [2.45, 2.75) is 39.0 Å². The second-order valence-corrected chi connectivity index (χ2v) is 4.46. The summed E-state index contributed by atoms with van der Waals surface area (Å²) in [5, 5.41) is 4.22. The first kappa shape index (κ1) is 11.1. The van der Waals surface area contributed by atoms with Crippen molar-refractivity contribution in [1.82, 2.24) is 9.78 Å². The normalized spacial score (nSPS) is 16.8. The molecule has 1 aliphatic carbocycles. The lowest BCUT2D eigenvalue weighted by atomic mass is 10.0. The van der Waals surface area contributed by atoms with Gasteiger partial charge in [0.2, 0.25) is 0 Å². The molecule has 0 aromatic carbocycles. The lowest BCUT2D eigenvalue weighted by Gasteiger charge is -2.02. The minimum Gasteiger partial charge on any atom is -0.289 e. The van der Waals surface area contributed by atoms with Crippen molar-refractivity contribution < 1.29 is 4.79 Å². The molecule has 86 valence electrons. The fraction of sp³-hybridized carbons (Fsp3) is 0.538. The molecule has 1 heterocycles. The van der Waals surface area contributed by atoms with E-state index in [0.717, 1.165) is 36.1 Å². The molecule has 0 radical (unpaired) electrons. The molecule has 3 heteroatoms. The second-order valence-electron chi connectivity index (χ2n) is 4.46. The van der Waals surface area contributed by atoms with Crippen LogP contribution in [0.3, 0.4) is 0 Å². The maximum atomic E-state index is 12.3. The number of Topliss-reactive ketones (excluding diaryl/α,β-unsaturated/α-hetero) is 1. The van der Waals surface area contributed by atoms with Gasteiger partial charge in [-0.25, -0.2) is 0 Å². The molecule has 0 spiro atoms. The number of aryl methyl sites for hydroxylation is 2. The monoisotopic (exact) mass is 218 g/mol. The first-order chi connectivity index (χ1) is 7.68. The Morgan fingerprint density at radius 3 is 2.88 bits per heavy atom. The van der Waals surface area contributed by atoms with Gasteiger partial charge in [0.05, 0.1) is 11.3 Å². The minimum atomic E-state index is 0.174. The predicted molar refractivity (Wildman–Crippen MR) is 63.4 cm³/mol. The third-order valence-corrected chi connectivity index (χ3v) is 3.09. The van der Waals surface area contributed by atoms with Crippen molar-refractivity contribution in [2.24, 2.45) is 7.05 Å². The van der Waals surface area contributed by atoms with Crippen LogP contribution in [-0.4, -0.2) is 15.6 Å². The number of hydrogen-bond acceptors (Lipinski definition) is 2. The second kappa shape index (κ2) is 4.64. The predicted octanol–water partition coefficient (Wildman–Crippen LogP) is 2.80. The largest absolute Gasteiger partial charge is 0.289 e. The molecule has 0 amide bonds. The Bertz CT molecular complexity index is 429. The van der Waals surface area contributed by atoms with Crippen LogP contribution in [-0.2, 0) is 7.05 Å². The summed E-state index contributed by atoms with van der Waals surface area (Å²) in [6.45, 7) is 1.89. The molecule has 2 rings (SSSR count). The molecular formula is C13H18N2O. The van der Waals surface area contributed by atoms with Crippen LogP contribution in [0, 0.1) is 6.92 Å². The Morgan fingerprint density at radius 2 is 2.19 bits per heavy atom. The molecule has 0 atom stereocenters. The Balaban J connectivity index is 2.24. The minimum absolute atomic E-state index is 0.174. The highest BCUT2D eigenvalue weighted by atomic mass is 16.1. The summed E-state index contributed by atoms with van der Waals surface area (Å²) in [5.74, 6) is 0.174. The number of aromatic nitrogens is 2. The molecule has 1 aromatic rings. The highest BCUT2D eigenvalue weighted by molar-refractivity contribution is 6.09. The molecule has 0 unspecified atom stereocenters. The van der Waals surface area contributed by atoms with Crippen molar-refractivity contribution in [2.75, 3.05) is 0 Å². The topological polar surface area (TPSA) is 34.9 Å². The van der Waals surface area contributed by atoms with E-state index in [0.29, 0.717) is 0 Å². The number of ketones is 1. The summed E-state index contributed by atoms with van der Waals surface area (Å²) in [4.78, 5) is 12.3. The summed E-state index contributed by atoms with van der Waals surface area (Å²) in [6.07, 6.45) is 9.48. The molecule has 0 bridgehead atoms. The van der Waals surface area contributed by atoms with E-state index >= 15 is 0 Å². The van der Waals surface area contributed by atoms with E-state index < -0.39 is 0 Å². The highest BCUT2D eigenvalue weighted by Gasteiger charge is 2.17. The van der Waals surface area contributed by atoms with E-state index in [1.165, 1.54) is 12.8 Å². The number of allylic oxidation sites excluding steroid dienone is 2. The summed E-state index contributed by atoms with van der Waals surface area (Å²) in [7, 11) is 1.85. The molecule has 1 aliphatic rings. The average Bonchev–Trinajstić information content (AvgIpc) is 2.49. The average molecular weight is 218 g/mol.